The Kier molecular flexibility index (Phi) is 2.80. The molecular formula is C8H11N3O6S. The average Bonchev–Trinajstić information content (AvgIpc) is 2.41. The fourth-order valence-corrected chi connectivity index (χ4v) is 2.54. The molecular weight excluding hydrogens is 266 g/mol. The number of rotatable bonds is 3. The number of carbonyl (C=O) groups excluding carboxylic acids is 2. The summed E-state index contributed by atoms with van der Waals surface area (Å²) in [5.74, 6) is -0.718. The third-order valence-corrected chi connectivity index (χ3v) is 3.11. The molecule has 2 bridgehead atoms. The number of nitrogens with two attached hydrogens (primary N) is 1. The Morgan fingerprint density at radius 2 is 2.22 bits per heavy atom. The van der Waals surface area contributed by atoms with E-state index in [0.29, 0.717) is 10.6 Å². The maximum absolute atomic E-state index is 11.8. The van der Waals surface area contributed by atoms with Gasteiger partial charge in [-0.1, -0.05) is 6.08 Å². The molecule has 10 heteroatoms. The summed E-state index contributed by atoms with van der Waals surface area (Å²) in [5.41, 5.74) is 5.70. The van der Waals surface area contributed by atoms with Crippen LogP contribution in [0.4, 0.5) is 4.79 Å². The van der Waals surface area contributed by atoms with Crippen molar-refractivity contribution in [2.75, 3.05) is 6.54 Å². The van der Waals surface area contributed by atoms with E-state index in [1.807, 2.05) is 0 Å². The molecule has 9 nitrogen and oxygen atoms in total. The van der Waals surface area contributed by atoms with Gasteiger partial charge in [0.15, 0.2) is 0 Å². The lowest BCUT2D eigenvalue weighted by molar-refractivity contribution is -0.121. The first-order valence-corrected chi connectivity index (χ1v) is 6.31. The summed E-state index contributed by atoms with van der Waals surface area (Å²) in [6.45, 7) is 1.66. The molecule has 2 aliphatic heterocycles. The van der Waals surface area contributed by atoms with Crippen LogP contribution in [0.5, 0.6) is 0 Å². The molecule has 0 radical (unpaired) electrons. The standard InChI is InChI=1S/C8H11N3O6S/c1-4-2-5-3-10(6(4)7(9)12)8(13)11(5)17-18(14,15)16/h2,5-6H,3H2,1H3,(H2,9,12)(H,14,15,16). The first kappa shape index (κ1) is 12.8. The van der Waals surface area contributed by atoms with Crippen LogP contribution in [0, 0.1) is 0 Å². The van der Waals surface area contributed by atoms with Crippen LogP contribution < -0.4 is 5.73 Å². The zero-order valence-corrected chi connectivity index (χ0v) is 10.1. The minimum Gasteiger partial charge on any atom is -0.368 e. The van der Waals surface area contributed by atoms with Gasteiger partial charge in [-0.25, -0.2) is 4.79 Å². The van der Waals surface area contributed by atoms with Crippen molar-refractivity contribution in [1.82, 2.24) is 9.96 Å². The predicted molar refractivity (Wildman–Crippen MR) is 57.1 cm³/mol. The maximum atomic E-state index is 11.8. The predicted octanol–water partition coefficient (Wildman–Crippen LogP) is -1.36. The van der Waals surface area contributed by atoms with Gasteiger partial charge in [-0.2, -0.15) is 13.5 Å². The van der Waals surface area contributed by atoms with E-state index < -0.39 is 34.4 Å². The number of primary amides is 1. The molecule has 3 amide bonds. The fraction of sp³-hybridized carbons (Fsp3) is 0.500. The number of hydrogen-bond donors (Lipinski definition) is 2. The molecule has 18 heavy (non-hydrogen) atoms. The Bertz CT molecular complexity index is 541. The van der Waals surface area contributed by atoms with Crippen molar-refractivity contribution in [1.29, 1.82) is 0 Å². The molecule has 2 atom stereocenters. The van der Waals surface area contributed by atoms with E-state index in [1.54, 1.807) is 6.92 Å². The topological polar surface area (TPSA) is 130 Å². The molecule has 2 aliphatic rings. The molecule has 0 spiro atoms. The monoisotopic (exact) mass is 277 g/mol. The van der Waals surface area contributed by atoms with Gasteiger partial charge in [0.2, 0.25) is 5.91 Å². The maximum Gasteiger partial charge on any atom is 0.418 e. The van der Waals surface area contributed by atoms with Gasteiger partial charge >= 0.3 is 16.4 Å². The van der Waals surface area contributed by atoms with Crippen LogP contribution in [0.15, 0.2) is 11.6 Å². The van der Waals surface area contributed by atoms with Crippen molar-refractivity contribution >= 4 is 22.3 Å². The van der Waals surface area contributed by atoms with Gasteiger partial charge < -0.3 is 10.6 Å². The average molecular weight is 277 g/mol. The van der Waals surface area contributed by atoms with Crippen LogP contribution in [0.1, 0.15) is 6.92 Å². The number of fused-ring (bicyclic) bond motifs is 2. The largest absolute Gasteiger partial charge is 0.418 e. The summed E-state index contributed by atoms with van der Waals surface area (Å²) < 4.78 is 34.0. The van der Waals surface area contributed by atoms with E-state index in [0.717, 1.165) is 4.90 Å². The van der Waals surface area contributed by atoms with Crippen LogP contribution in [-0.2, 0) is 19.5 Å². The van der Waals surface area contributed by atoms with Crippen LogP contribution in [0.2, 0.25) is 0 Å². The van der Waals surface area contributed by atoms with Gasteiger partial charge in [0, 0.05) is 0 Å². The van der Waals surface area contributed by atoms with Gasteiger partial charge in [0.1, 0.15) is 6.04 Å². The molecule has 0 aromatic rings. The Labute approximate surface area is 103 Å². The zero-order valence-electron chi connectivity index (χ0n) is 9.31. The third-order valence-electron chi connectivity index (χ3n) is 2.76. The first-order valence-electron chi connectivity index (χ1n) is 4.95. The molecule has 2 rings (SSSR count). The van der Waals surface area contributed by atoms with Gasteiger partial charge in [-0.3, -0.25) is 9.35 Å². The third kappa shape index (κ3) is 2.05. The molecule has 100 valence electrons. The van der Waals surface area contributed by atoms with E-state index in [-0.39, 0.29) is 6.54 Å². The lowest BCUT2D eigenvalue weighted by Crippen LogP contribution is -2.48. The summed E-state index contributed by atoms with van der Waals surface area (Å²) in [4.78, 5) is 24.2. The van der Waals surface area contributed by atoms with Gasteiger partial charge in [-0.15, -0.1) is 4.28 Å². The lowest BCUT2D eigenvalue weighted by atomic mass is 10.0. The molecule has 0 saturated carbocycles. The van der Waals surface area contributed by atoms with E-state index in [9.17, 15) is 18.0 Å². The summed E-state index contributed by atoms with van der Waals surface area (Å²) in [7, 11) is -4.80. The Hall–Kier alpha value is -1.65. The van der Waals surface area contributed by atoms with Crippen molar-refractivity contribution in [2.24, 2.45) is 5.73 Å². The highest BCUT2D eigenvalue weighted by atomic mass is 32.3. The molecule has 2 unspecified atom stereocenters. The van der Waals surface area contributed by atoms with Crippen molar-refractivity contribution in [3.63, 3.8) is 0 Å². The van der Waals surface area contributed by atoms with Crippen molar-refractivity contribution in [3.8, 4) is 0 Å². The van der Waals surface area contributed by atoms with Crippen molar-refractivity contribution < 1.29 is 26.8 Å². The number of urea groups is 1. The van der Waals surface area contributed by atoms with E-state index in [2.05, 4.69) is 4.28 Å². The molecule has 1 saturated heterocycles. The highest BCUT2D eigenvalue weighted by Gasteiger charge is 2.48. The number of amides is 3. The van der Waals surface area contributed by atoms with Gasteiger partial charge in [0.25, 0.3) is 0 Å². The number of hydroxylamine groups is 2. The Morgan fingerprint density at radius 3 is 2.72 bits per heavy atom. The summed E-state index contributed by atoms with van der Waals surface area (Å²) in [6.07, 6.45) is 1.50. The molecule has 3 N–H and O–H groups in total. The molecule has 1 fully saturated rings. The number of nitrogens with zero attached hydrogens (tertiary/aromatic N) is 2. The molecule has 0 aliphatic carbocycles. The van der Waals surface area contributed by atoms with Gasteiger partial charge in [-0.05, 0) is 12.5 Å². The SMILES string of the molecule is CC1=CC2CN(C(=O)N2OS(=O)(=O)O)C1C(N)=O. The highest BCUT2D eigenvalue weighted by molar-refractivity contribution is 7.80. The van der Waals surface area contributed by atoms with Crippen LogP contribution in [0.3, 0.4) is 0 Å². The smallest absolute Gasteiger partial charge is 0.368 e. The van der Waals surface area contributed by atoms with Crippen LogP contribution >= 0.6 is 0 Å². The van der Waals surface area contributed by atoms with E-state index in [4.69, 9.17) is 10.3 Å². The van der Waals surface area contributed by atoms with Crippen molar-refractivity contribution in [3.05, 3.63) is 11.6 Å². The minimum atomic E-state index is -4.80. The van der Waals surface area contributed by atoms with Crippen molar-refractivity contribution in [2.45, 2.75) is 19.0 Å². The second-order valence-corrected chi connectivity index (χ2v) is 5.05. The number of hydrogen-bond acceptors (Lipinski definition) is 5. The molecule has 0 aromatic carbocycles. The summed E-state index contributed by atoms with van der Waals surface area (Å²) in [5, 5.41) is 0.502. The fourth-order valence-electron chi connectivity index (χ4n) is 2.17. The second kappa shape index (κ2) is 3.93. The van der Waals surface area contributed by atoms with E-state index in [1.165, 1.54) is 6.08 Å². The van der Waals surface area contributed by atoms with Crippen LogP contribution in [0.25, 0.3) is 0 Å². The zero-order chi connectivity index (χ0) is 13.7. The van der Waals surface area contributed by atoms with Crippen LogP contribution in [-0.4, -0.2) is 53.5 Å². The quantitative estimate of drug-likeness (QED) is 0.484. The second-order valence-electron chi connectivity index (χ2n) is 4.05. The highest BCUT2D eigenvalue weighted by Crippen LogP contribution is 2.29. The Balaban J connectivity index is 2.33. The molecule has 0 aromatic heterocycles. The minimum absolute atomic E-state index is 0.0687. The number of carbonyl (C=O) groups is 2. The van der Waals surface area contributed by atoms with E-state index >= 15 is 0 Å². The first-order chi connectivity index (χ1) is 8.20. The Morgan fingerprint density at radius 1 is 1.61 bits per heavy atom. The normalized spacial score (nSPS) is 27.4. The van der Waals surface area contributed by atoms with Gasteiger partial charge in [0.05, 0.1) is 12.6 Å². The lowest BCUT2D eigenvalue weighted by Gasteiger charge is -2.27. The summed E-state index contributed by atoms with van der Waals surface area (Å²) in [6, 6.07) is -2.45. The molecule has 2 heterocycles. The summed E-state index contributed by atoms with van der Waals surface area (Å²) >= 11 is 0.